The molecule has 0 aliphatic rings. The summed E-state index contributed by atoms with van der Waals surface area (Å²) in [5.41, 5.74) is 4.69. The van der Waals surface area contributed by atoms with Crippen LogP contribution in [0.3, 0.4) is 0 Å². The fourth-order valence-corrected chi connectivity index (χ4v) is 1.07. The van der Waals surface area contributed by atoms with Crippen molar-refractivity contribution < 1.29 is 17.9 Å². The van der Waals surface area contributed by atoms with Gasteiger partial charge in [-0.05, 0) is 24.6 Å². The zero-order valence-electron chi connectivity index (χ0n) is 8.27. The molecule has 2 nitrogen and oxygen atoms in total. The van der Waals surface area contributed by atoms with Gasteiger partial charge < -0.3 is 10.5 Å². The summed E-state index contributed by atoms with van der Waals surface area (Å²) in [6.07, 6.45) is -3.59. The molecule has 0 unspecified atom stereocenters. The van der Waals surface area contributed by atoms with E-state index in [1.54, 1.807) is 0 Å². The lowest BCUT2D eigenvalue weighted by Crippen LogP contribution is -2.06. The molecule has 2 N–H and O–H groups in total. The number of nitrogens with two attached hydrogens (primary N) is 1. The fourth-order valence-electron chi connectivity index (χ4n) is 1.07. The van der Waals surface area contributed by atoms with Gasteiger partial charge in [0.25, 0.3) is 0 Å². The minimum absolute atomic E-state index is 0.0123. The minimum atomic E-state index is -4.36. The second kappa shape index (κ2) is 4.42. The first-order chi connectivity index (χ1) is 6.95. The van der Waals surface area contributed by atoms with Crippen molar-refractivity contribution in [2.24, 2.45) is 0 Å². The molecular weight excluding hydrogens is 207 g/mol. The second-order valence-corrected chi connectivity index (χ2v) is 3.10. The molecule has 0 atom stereocenters. The highest BCUT2D eigenvalue weighted by molar-refractivity contribution is 5.54. The number of alkyl halides is 3. The number of rotatable bonds is 3. The number of anilines is 1. The Morgan fingerprint density at radius 2 is 2.00 bits per heavy atom. The molecule has 1 aromatic rings. The Balaban J connectivity index is 2.88. The number of nitrogen functional groups attached to an aromatic ring is 1. The minimum Gasteiger partial charge on any atom is -0.491 e. The standard InChI is InChI=1S/C10H12F3NO/c1-2-5-15-9-4-3-7(6-8(9)14)10(11,12)13/h3-4,6H,2,5,14H2,1H3. The van der Waals surface area contributed by atoms with Gasteiger partial charge in [0.1, 0.15) is 5.75 Å². The van der Waals surface area contributed by atoms with Crippen molar-refractivity contribution >= 4 is 5.69 Å². The van der Waals surface area contributed by atoms with E-state index in [0.717, 1.165) is 18.6 Å². The van der Waals surface area contributed by atoms with Crippen LogP contribution in [0.2, 0.25) is 0 Å². The average molecular weight is 219 g/mol. The predicted octanol–water partition coefficient (Wildman–Crippen LogP) is 3.08. The summed E-state index contributed by atoms with van der Waals surface area (Å²) >= 11 is 0. The van der Waals surface area contributed by atoms with Crippen LogP contribution in [0, 0.1) is 0 Å². The van der Waals surface area contributed by atoms with Crippen LogP contribution in [0.15, 0.2) is 18.2 Å². The molecule has 0 amide bonds. The van der Waals surface area contributed by atoms with Gasteiger partial charge in [0, 0.05) is 0 Å². The Labute approximate surface area is 85.8 Å². The number of hydrogen-bond donors (Lipinski definition) is 1. The Kier molecular flexibility index (Phi) is 3.44. The van der Waals surface area contributed by atoms with Crippen molar-refractivity contribution in [1.82, 2.24) is 0 Å². The monoisotopic (exact) mass is 219 g/mol. The molecule has 84 valence electrons. The number of benzene rings is 1. The molecule has 0 aliphatic carbocycles. The van der Waals surface area contributed by atoms with Crippen molar-refractivity contribution in [3.8, 4) is 5.75 Å². The van der Waals surface area contributed by atoms with E-state index >= 15 is 0 Å². The van der Waals surface area contributed by atoms with Crippen molar-refractivity contribution in [2.45, 2.75) is 19.5 Å². The quantitative estimate of drug-likeness (QED) is 0.793. The third kappa shape index (κ3) is 3.04. The van der Waals surface area contributed by atoms with E-state index in [0.29, 0.717) is 12.4 Å². The van der Waals surface area contributed by atoms with E-state index in [-0.39, 0.29) is 5.69 Å². The smallest absolute Gasteiger partial charge is 0.416 e. The van der Waals surface area contributed by atoms with Gasteiger partial charge in [0.15, 0.2) is 0 Å². The number of hydrogen-bond acceptors (Lipinski definition) is 2. The van der Waals surface area contributed by atoms with Crippen LogP contribution in [-0.4, -0.2) is 6.61 Å². The average Bonchev–Trinajstić information content (AvgIpc) is 2.14. The van der Waals surface area contributed by atoms with E-state index in [1.165, 1.54) is 6.07 Å². The Morgan fingerprint density at radius 3 is 2.47 bits per heavy atom. The maximum atomic E-state index is 12.3. The Morgan fingerprint density at radius 1 is 1.33 bits per heavy atom. The van der Waals surface area contributed by atoms with E-state index in [9.17, 15) is 13.2 Å². The molecule has 0 bridgehead atoms. The molecule has 0 spiro atoms. The zero-order valence-corrected chi connectivity index (χ0v) is 8.27. The molecule has 0 heterocycles. The lowest BCUT2D eigenvalue weighted by atomic mass is 10.2. The Hall–Kier alpha value is -1.39. The van der Waals surface area contributed by atoms with Crippen molar-refractivity contribution in [1.29, 1.82) is 0 Å². The lowest BCUT2D eigenvalue weighted by molar-refractivity contribution is -0.137. The molecule has 0 aliphatic heterocycles. The van der Waals surface area contributed by atoms with Crippen LogP contribution in [-0.2, 0) is 6.18 Å². The van der Waals surface area contributed by atoms with Crippen LogP contribution in [0.5, 0.6) is 5.75 Å². The first-order valence-electron chi connectivity index (χ1n) is 4.54. The maximum Gasteiger partial charge on any atom is 0.416 e. The van der Waals surface area contributed by atoms with Crippen LogP contribution in [0.25, 0.3) is 0 Å². The first kappa shape index (κ1) is 11.7. The van der Waals surface area contributed by atoms with Crippen LogP contribution in [0.1, 0.15) is 18.9 Å². The highest BCUT2D eigenvalue weighted by Crippen LogP contribution is 2.33. The maximum absolute atomic E-state index is 12.3. The molecule has 5 heteroatoms. The van der Waals surface area contributed by atoms with E-state index < -0.39 is 11.7 Å². The number of halogens is 3. The fraction of sp³-hybridized carbons (Fsp3) is 0.400. The summed E-state index contributed by atoms with van der Waals surface area (Å²) in [7, 11) is 0. The van der Waals surface area contributed by atoms with Crippen molar-refractivity contribution in [3.05, 3.63) is 23.8 Å². The molecule has 1 rings (SSSR count). The van der Waals surface area contributed by atoms with Gasteiger partial charge in [-0.25, -0.2) is 0 Å². The zero-order chi connectivity index (χ0) is 11.5. The summed E-state index contributed by atoms with van der Waals surface area (Å²) in [4.78, 5) is 0. The van der Waals surface area contributed by atoms with Crippen molar-refractivity contribution in [2.75, 3.05) is 12.3 Å². The highest BCUT2D eigenvalue weighted by Gasteiger charge is 2.30. The summed E-state index contributed by atoms with van der Waals surface area (Å²) in [5.74, 6) is 0.296. The number of ether oxygens (including phenoxy) is 1. The second-order valence-electron chi connectivity index (χ2n) is 3.10. The molecule has 15 heavy (non-hydrogen) atoms. The topological polar surface area (TPSA) is 35.2 Å². The van der Waals surface area contributed by atoms with Gasteiger partial charge >= 0.3 is 6.18 Å². The van der Waals surface area contributed by atoms with Crippen LogP contribution >= 0.6 is 0 Å². The molecular formula is C10H12F3NO. The summed E-state index contributed by atoms with van der Waals surface area (Å²) in [6.45, 7) is 2.34. The Bertz CT molecular complexity index is 336. The molecule has 0 saturated carbocycles. The van der Waals surface area contributed by atoms with Gasteiger partial charge in [-0.15, -0.1) is 0 Å². The van der Waals surface area contributed by atoms with E-state index in [2.05, 4.69) is 0 Å². The van der Waals surface area contributed by atoms with Crippen LogP contribution in [0.4, 0.5) is 18.9 Å². The van der Waals surface area contributed by atoms with E-state index in [4.69, 9.17) is 10.5 Å². The molecule has 0 saturated heterocycles. The van der Waals surface area contributed by atoms with Gasteiger partial charge in [0.05, 0.1) is 17.9 Å². The predicted molar refractivity (Wildman–Crippen MR) is 51.6 cm³/mol. The van der Waals surface area contributed by atoms with Crippen LogP contribution < -0.4 is 10.5 Å². The van der Waals surface area contributed by atoms with Crippen molar-refractivity contribution in [3.63, 3.8) is 0 Å². The summed E-state index contributed by atoms with van der Waals surface area (Å²) in [5, 5.41) is 0. The largest absolute Gasteiger partial charge is 0.491 e. The molecule has 0 radical (unpaired) electrons. The summed E-state index contributed by atoms with van der Waals surface area (Å²) < 4.78 is 41.9. The van der Waals surface area contributed by atoms with E-state index in [1.807, 2.05) is 6.92 Å². The normalized spacial score (nSPS) is 11.5. The van der Waals surface area contributed by atoms with Gasteiger partial charge in [0.2, 0.25) is 0 Å². The lowest BCUT2D eigenvalue weighted by Gasteiger charge is -2.11. The summed E-state index contributed by atoms with van der Waals surface area (Å²) in [6, 6.07) is 3.08. The highest BCUT2D eigenvalue weighted by atomic mass is 19.4. The first-order valence-corrected chi connectivity index (χ1v) is 4.54. The molecule has 0 fully saturated rings. The van der Waals surface area contributed by atoms with Gasteiger partial charge in [-0.1, -0.05) is 6.92 Å². The molecule has 1 aromatic carbocycles. The third-order valence-electron chi connectivity index (χ3n) is 1.80. The third-order valence-corrected chi connectivity index (χ3v) is 1.80. The van der Waals surface area contributed by atoms with Gasteiger partial charge in [-0.3, -0.25) is 0 Å². The van der Waals surface area contributed by atoms with Gasteiger partial charge in [-0.2, -0.15) is 13.2 Å². The SMILES string of the molecule is CCCOc1ccc(C(F)(F)F)cc1N. The molecule has 0 aromatic heterocycles.